The van der Waals surface area contributed by atoms with Crippen molar-refractivity contribution in [2.24, 2.45) is 0 Å². The normalized spacial score (nSPS) is 11.1. The van der Waals surface area contributed by atoms with Crippen LogP contribution in [0.4, 0.5) is 5.82 Å². The van der Waals surface area contributed by atoms with Gasteiger partial charge in [0.15, 0.2) is 0 Å². The van der Waals surface area contributed by atoms with Crippen molar-refractivity contribution in [3.05, 3.63) is 51.1 Å². The molecule has 2 N–H and O–H groups in total. The summed E-state index contributed by atoms with van der Waals surface area (Å²) in [6.45, 7) is 2.06. The van der Waals surface area contributed by atoms with Crippen LogP contribution < -0.4 is 5.73 Å². The van der Waals surface area contributed by atoms with Gasteiger partial charge in [0.1, 0.15) is 16.5 Å². The molecule has 2 aromatic heterocycles. The van der Waals surface area contributed by atoms with Crippen LogP contribution in [0, 0.1) is 6.92 Å². The molecular formula is C14H12BrN3S. The molecule has 0 unspecified atom stereocenters. The Hall–Kier alpha value is -1.46. The second-order valence-electron chi connectivity index (χ2n) is 4.40. The van der Waals surface area contributed by atoms with Crippen LogP contribution in [0.3, 0.4) is 0 Å². The van der Waals surface area contributed by atoms with E-state index < -0.39 is 0 Å². The number of hydrogen-bond acceptors (Lipinski definition) is 4. The fourth-order valence-electron chi connectivity index (χ4n) is 1.97. The fraction of sp³-hybridized carbons (Fsp3) is 0.143. The number of nitrogen functional groups attached to an aromatic ring is 1. The van der Waals surface area contributed by atoms with Crippen LogP contribution >= 0.6 is 27.3 Å². The van der Waals surface area contributed by atoms with E-state index in [0.717, 1.165) is 20.5 Å². The highest BCUT2D eigenvalue weighted by Crippen LogP contribution is 2.27. The summed E-state index contributed by atoms with van der Waals surface area (Å²) in [5, 5.41) is 0.960. The predicted molar refractivity (Wildman–Crippen MR) is 83.5 cm³/mol. The molecule has 3 rings (SSSR count). The zero-order valence-electron chi connectivity index (χ0n) is 10.4. The van der Waals surface area contributed by atoms with E-state index in [9.17, 15) is 0 Å². The van der Waals surface area contributed by atoms with Crippen molar-refractivity contribution in [1.82, 2.24) is 9.97 Å². The lowest BCUT2D eigenvalue weighted by molar-refractivity contribution is 1.00. The third-order valence-corrected chi connectivity index (χ3v) is 4.34. The molecule has 1 aromatic carbocycles. The molecule has 96 valence electrons. The second-order valence-corrected chi connectivity index (χ2v) is 6.55. The van der Waals surface area contributed by atoms with E-state index in [-0.39, 0.29) is 0 Å². The molecule has 0 aliphatic heterocycles. The minimum atomic E-state index is 0.571. The molecule has 0 aliphatic rings. The predicted octanol–water partition coefficient (Wildman–Crippen LogP) is 3.94. The number of anilines is 1. The molecule has 0 atom stereocenters. The van der Waals surface area contributed by atoms with Gasteiger partial charge in [0.25, 0.3) is 0 Å². The van der Waals surface area contributed by atoms with E-state index in [0.29, 0.717) is 12.2 Å². The van der Waals surface area contributed by atoms with Crippen LogP contribution in [0.15, 0.2) is 34.8 Å². The Morgan fingerprint density at radius 2 is 1.95 bits per heavy atom. The van der Waals surface area contributed by atoms with E-state index in [1.807, 2.05) is 18.2 Å². The Bertz CT molecular complexity index is 734. The van der Waals surface area contributed by atoms with Gasteiger partial charge in [-0.25, -0.2) is 9.97 Å². The zero-order valence-corrected chi connectivity index (χ0v) is 12.8. The van der Waals surface area contributed by atoms with Crippen molar-refractivity contribution in [2.75, 3.05) is 5.73 Å². The smallest absolute Gasteiger partial charge is 0.136 e. The third-order valence-electron chi connectivity index (χ3n) is 2.87. The highest BCUT2D eigenvalue weighted by atomic mass is 79.9. The van der Waals surface area contributed by atoms with Crippen molar-refractivity contribution in [1.29, 1.82) is 0 Å². The molecule has 0 spiro atoms. The lowest BCUT2D eigenvalue weighted by Crippen LogP contribution is -2.00. The van der Waals surface area contributed by atoms with Crippen LogP contribution in [-0.2, 0) is 6.42 Å². The summed E-state index contributed by atoms with van der Waals surface area (Å²) in [5.74, 6) is 1.34. The number of nitrogens with zero attached hydrogens (tertiary/aromatic N) is 2. The van der Waals surface area contributed by atoms with E-state index in [4.69, 9.17) is 5.73 Å². The van der Waals surface area contributed by atoms with Gasteiger partial charge in [-0.3, -0.25) is 0 Å². The first kappa shape index (κ1) is 12.6. The largest absolute Gasteiger partial charge is 0.383 e. The first-order valence-corrected chi connectivity index (χ1v) is 7.50. The maximum Gasteiger partial charge on any atom is 0.136 e. The minimum absolute atomic E-state index is 0.571. The number of nitrogens with two attached hydrogens (primary N) is 1. The molecule has 0 fully saturated rings. The molecule has 3 aromatic rings. The molecule has 2 heterocycles. The summed E-state index contributed by atoms with van der Waals surface area (Å²) >= 11 is 5.08. The van der Waals surface area contributed by atoms with Crippen molar-refractivity contribution in [3.63, 3.8) is 0 Å². The van der Waals surface area contributed by atoms with Gasteiger partial charge in [-0.05, 0) is 30.7 Å². The molecule has 0 saturated carbocycles. The van der Waals surface area contributed by atoms with Crippen LogP contribution in [0.1, 0.15) is 16.3 Å². The topological polar surface area (TPSA) is 51.8 Å². The third kappa shape index (κ3) is 2.62. The molecule has 0 amide bonds. The Morgan fingerprint density at radius 3 is 2.68 bits per heavy atom. The summed E-state index contributed by atoms with van der Waals surface area (Å²) in [6, 6.07) is 10.2. The average Bonchev–Trinajstić information content (AvgIpc) is 2.73. The SMILES string of the molecule is Cc1cc2c(N)nc(Cc3ccc(Br)cc3)nc2s1. The van der Waals surface area contributed by atoms with E-state index >= 15 is 0 Å². The van der Waals surface area contributed by atoms with Crippen molar-refractivity contribution < 1.29 is 0 Å². The van der Waals surface area contributed by atoms with Gasteiger partial charge in [-0.1, -0.05) is 28.1 Å². The van der Waals surface area contributed by atoms with Crippen LogP contribution in [0.2, 0.25) is 0 Å². The van der Waals surface area contributed by atoms with Crippen LogP contribution in [-0.4, -0.2) is 9.97 Å². The number of halogens is 1. The monoisotopic (exact) mass is 333 g/mol. The van der Waals surface area contributed by atoms with Gasteiger partial charge in [0.2, 0.25) is 0 Å². The maximum absolute atomic E-state index is 6.00. The number of aryl methyl sites for hydroxylation is 1. The van der Waals surface area contributed by atoms with E-state index in [1.54, 1.807) is 11.3 Å². The summed E-state index contributed by atoms with van der Waals surface area (Å²) < 4.78 is 1.07. The highest BCUT2D eigenvalue weighted by Gasteiger charge is 2.08. The lowest BCUT2D eigenvalue weighted by Gasteiger charge is -2.03. The second kappa shape index (κ2) is 4.90. The molecule has 0 aliphatic carbocycles. The molecular weight excluding hydrogens is 322 g/mol. The zero-order chi connectivity index (χ0) is 13.4. The van der Waals surface area contributed by atoms with E-state index in [1.165, 1.54) is 10.4 Å². The molecule has 0 radical (unpaired) electrons. The average molecular weight is 334 g/mol. The standard InChI is InChI=1S/C14H12BrN3S/c1-8-6-11-13(16)17-12(18-14(11)19-8)7-9-2-4-10(15)5-3-9/h2-6H,7H2,1H3,(H2,16,17,18). The molecule has 3 nitrogen and oxygen atoms in total. The Balaban J connectivity index is 1.98. The molecule has 0 bridgehead atoms. The lowest BCUT2D eigenvalue weighted by atomic mass is 10.1. The molecule has 0 saturated heterocycles. The summed E-state index contributed by atoms with van der Waals surface area (Å²) in [7, 11) is 0. The van der Waals surface area contributed by atoms with Crippen molar-refractivity contribution >= 4 is 43.3 Å². The van der Waals surface area contributed by atoms with Crippen molar-refractivity contribution in [3.8, 4) is 0 Å². The Labute approximate surface area is 123 Å². The number of hydrogen-bond donors (Lipinski definition) is 1. The van der Waals surface area contributed by atoms with Gasteiger partial charge >= 0.3 is 0 Å². The van der Waals surface area contributed by atoms with E-state index in [2.05, 4.69) is 45.0 Å². The number of fused-ring (bicyclic) bond motifs is 1. The summed E-state index contributed by atoms with van der Waals surface area (Å²) in [4.78, 5) is 11.2. The van der Waals surface area contributed by atoms with Gasteiger partial charge in [-0.2, -0.15) is 0 Å². The number of benzene rings is 1. The van der Waals surface area contributed by atoms with Gasteiger partial charge < -0.3 is 5.73 Å². The maximum atomic E-state index is 6.00. The van der Waals surface area contributed by atoms with Crippen molar-refractivity contribution in [2.45, 2.75) is 13.3 Å². The Kier molecular flexibility index (Phi) is 3.24. The highest BCUT2D eigenvalue weighted by molar-refractivity contribution is 9.10. The fourth-order valence-corrected chi connectivity index (χ4v) is 3.14. The minimum Gasteiger partial charge on any atom is -0.383 e. The Morgan fingerprint density at radius 1 is 1.21 bits per heavy atom. The van der Waals surface area contributed by atoms with Gasteiger partial charge in [0.05, 0.1) is 5.39 Å². The summed E-state index contributed by atoms with van der Waals surface area (Å²) in [5.41, 5.74) is 7.17. The first-order chi connectivity index (χ1) is 9.11. The molecule has 19 heavy (non-hydrogen) atoms. The molecule has 5 heteroatoms. The quantitative estimate of drug-likeness (QED) is 0.772. The van der Waals surface area contributed by atoms with Crippen LogP contribution in [0.25, 0.3) is 10.2 Å². The number of aromatic nitrogens is 2. The van der Waals surface area contributed by atoms with Gasteiger partial charge in [0, 0.05) is 15.8 Å². The van der Waals surface area contributed by atoms with Gasteiger partial charge in [-0.15, -0.1) is 11.3 Å². The number of rotatable bonds is 2. The van der Waals surface area contributed by atoms with Crippen LogP contribution in [0.5, 0.6) is 0 Å². The number of thiophene rings is 1. The summed E-state index contributed by atoms with van der Waals surface area (Å²) in [6.07, 6.45) is 0.699. The first-order valence-electron chi connectivity index (χ1n) is 5.89.